The molecule has 0 aliphatic rings. The van der Waals surface area contributed by atoms with E-state index in [1.807, 2.05) is 6.92 Å². The first-order valence-corrected chi connectivity index (χ1v) is 6.77. The van der Waals surface area contributed by atoms with Gasteiger partial charge >= 0.3 is 0 Å². The number of hydrogen-bond donors (Lipinski definition) is 2. The number of nitrogens with one attached hydrogen (secondary N) is 1. The number of nitrogens with zero attached hydrogens (tertiary/aromatic N) is 1. The summed E-state index contributed by atoms with van der Waals surface area (Å²) in [7, 11) is 3.16. The Morgan fingerprint density at radius 2 is 1.95 bits per heavy atom. The zero-order valence-electron chi connectivity index (χ0n) is 12.0. The highest BCUT2D eigenvalue weighted by atomic mass is 32.1. The lowest BCUT2D eigenvalue weighted by Gasteiger charge is -2.31. The van der Waals surface area contributed by atoms with Crippen LogP contribution in [0.2, 0.25) is 0 Å². The monoisotopic (exact) mass is 292 g/mol. The highest BCUT2D eigenvalue weighted by Gasteiger charge is 2.27. The number of hydrogen-bond acceptors (Lipinski definition) is 5. The maximum absolute atomic E-state index is 12.4. The normalized spacial score (nSPS) is 13.7. The van der Waals surface area contributed by atoms with Crippen molar-refractivity contribution in [3.63, 3.8) is 0 Å². The van der Waals surface area contributed by atoms with E-state index in [0.717, 1.165) is 0 Å². The van der Waals surface area contributed by atoms with Gasteiger partial charge in [0.1, 0.15) is 6.04 Å². The highest BCUT2D eigenvalue weighted by Crippen LogP contribution is 2.05. The fourth-order valence-corrected chi connectivity index (χ4v) is 1.95. The van der Waals surface area contributed by atoms with Crippen molar-refractivity contribution in [2.75, 3.05) is 39.7 Å². The molecule has 0 heterocycles. The van der Waals surface area contributed by atoms with Gasteiger partial charge in [0, 0.05) is 33.4 Å². The van der Waals surface area contributed by atoms with Gasteiger partial charge in [0.15, 0.2) is 0 Å². The average Bonchev–Trinajstić information content (AvgIpc) is 2.36. The number of carbonyl (C=O) groups excluding carboxylic acids is 2. The fraction of sp³-hybridized carbons (Fsp3) is 0.833. The molecular weight excluding hydrogens is 268 g/mol. The molecule has 0 aliphatic carbocycles. The molecule has 1 N–H and O–H groups in total. The van der Waals surface area contributed by atoms with Crippen LogP contribution < -0.4 is 5.32 Å². The van der Waals surface area contributed by atoms with Crippen molar-refractivity contribution in [3.8, 4) is 0 Å². The molecule has 0 aromatic heterocycles. The third-order valence-corrected chi connectivity index (χ3v) is 2.98. The standard InChI is InChI=1S/C12H24N2O4S/c1-9(7-18-4)14(5-6-17-3)12(16)11(8-19)13-10(2)15/h9,11,19H,5-8H2,1-4H3,(H,13,15). The summed E-state index contributed by atoms with van der Waals surface area (Å²) in [6, 6.07) is -0.721. The largest absolute Gasteiger partial charge is 0.383 e. The van der Waals surface area contributed by atoms with Gasteiger partial charge < -0.3 is 19.7 Å². The van der Waals surface area contributed by atoms with Crippen molar-refractivity contribution in [1.29, 1.82) is 0 Å². The van der Waals surface area contributed by atoms with Gasteiger partial charge in [-0.3, -0.25) is 9.59 Å². The van der Waals surface area contributed by atoms with Gasteiger partial charge in [-0.2, -0.15) is 12.6 Å². The van der Waals surface area contributed by atoms with Gasteiger partial charge in [-0.1, -0.05) is 0 Å². The molecule has 0 aliphatic heterocycles. The van der Waals surface area contributed by atoms with Crippen LogP contribution in [0.4, 0.5) is 0 Å². The van der Waals surface area contributed by atoms with Crippen LogP contribution in [0.25, 0.3) is 0 Å². The van der Waals surface area contributed by atoms with Crippen LogP contribution >= 0.6 is 12.6 Å². The molecule has 2 atom stereocenters. The van der Waals surface area contributed by atoms with Crippen LogP contribution in [-0.4, -0.2) is 68.5 Å². The second kappa shape index (κ2) is 10.1. The molecule has 0 fully saturated rings. The van der Waals surface area contributed by atoms with Crippen molar-refractivity contribution < 1.29 is 19.1 Å². The van der Waals surface area contributed by atoms with Crippen molar-refractivity contribution >= 4 is 24.4 Å². The number of ether oxygens (including phenoxy) is 2. The van der Waals surface area contributed by atoms with Crippen molar-refractivity contribution in [3.05, 3.63) is 0 Å². The SMILES string of the molecule is COCCN(C(=O)C(CS)NC(C)=O)C(C)COC. The van der Waals surface area contributed by atoms with Crippen molar-refractivity contribution in [2.45, 2.75) is 25.9 Å². The Hall–Kier alpha value is -0.790. The molecular formula is C12H24N2O4S. The molecule has 7 heteroatoms. The van der Waals surface area contributed by atoms with E-state index in [2.05, 4.69) is 17.9 Å². The molecule has 0 aromatic carbocycles. The Morgan fingerprint density at radius 1 is 1.32 bits per heavy atom. The molecule has 2 amide bonds. The smallest absolute Gasteiger partial charge is 0.246 e. The summed E-state index contributed by atoms with van der Waals surface area (Å²) < 4.78 is 10.1. The summed E-state index contributed by atoms with van der Waals surface area (Å²) >= 11 is 4.11. The van der Waals surface area contributed by atoms with Gasteiger partial charge in [-0.25, -0.2) is 0 Å². The Bertz CT molecular complexity index is 289. The second-order valence-corrected chi connectivity index (χ2v) is 4.63. The zero-order chi connectivity index (χ0) is 14.8. The van der Waals surface area contributed by atoms with Crippen LogP contribution in [-0.2, 0) is 19.1 Å². The lowest BCUT2D eigenvalue weighted by atomic mass is 10.2. The van der Waals surface area contributed by atoms with Gasteiger partial charge in [0.25, 0.3) is 0 Å². The van der Waals surface area contributed by atoms with Crippen molar-refractivity contribution in [2.24, 2.45) is 0 Å². The van der Waals surface area contributed by atoms with E-state index in [0.29, 0.717) is 19.8 Å². The van der Waals surface area contributed by atoms with Crippen LogP contribution in [0.3, 0.4) is 0 Å². The van der Waals surface area contributed by atoms with E-state index in [1.165, 1.54) is 6.92 Å². The van der Waals surface area contributed by atoms with E-state index in [-0.39, 0.29) is 23.6 Å². The predicted molar refractivity (Wildman–Crippen MR) is 76.4 cm³/mol. The van der Waals surface area contributed by atoms with E-state index < -0.39 is 6.04 Å². The first-order chi connectivity index (χ1) is 8.97. The lowest BCUT2D eigenvalue weighted by Crippen LogP contribution is -2.53. The highest BCUT2D eigenvalue weighted by molar-refractivity contribution is 7.80. The topological polar surface area (TPSA) is 67.9 Å². The third kappa shape index (κ3) is 6.79. The molecule has 0 saturated heterocycles. The molecule has 0 spiro atoms. The lowest BCUT2D eigenvalue weighted by molar-refractivity contribution is -0.138. The summed E-state index contributed by atoms with van der Waals surface area (Å²) in [6.07, 6.45) is 0. The van der Waals surface area contributed by atoms with Crippen LogP contribution in [0.1, 0.15) is 13.8 Å². The summed E-state index contributed by atoms with van der Waals surface area (Å²) in [6.45, 7) is 4.57. The minimum atomic E-state index is -0.628. The predicted octanol–water partition coefficient (Wildman–Crippen LogP) is -0.0692. The molecule has 19 heavy (non-hydrogen) atoms. The number of amides is 2. The minimum absolute atomic E-state index is 0.0937. The molecule has 0 radical (unpaired) electrons. The van der Waals surface area contributed by atoms with Gasteiger partial charge in [-0.15, -0.1) is 0 Å². The summed E-state index contributed by atoms with van der Waals surface area (Å²) in [4.78, 5) is 25.1. The molecule has 6 nitrogen and oxygen atoms in total. The number of thiol groups is 1. The van der Waals surface area contributed by atoms with E-state index in [9.17, 15) is 9.59 Å². The fourth-order valence-electron chi connectivity index (χ4n) is 1.70. The summed E-state index contributed by atoms with van der Waals surface area (Å²) in [5.74, 6) is -0.174. The van der Waals surface area contributed by atoms with Crippen LogP contribution in [0.15, 0.2) is 0 Å². The Balaban J connectivity index is 4.79. The molecule has 0 rings (SSSR count). The number of methoxy groups -OCH3 is 2. The van der Waals surface area contributed by atoms with Crippen LogP contribution in [0, 0.1) is 0 Å². The van der Waals surface area contributed by atoms with E-state index in [1.54, 1.807) is 19.1 Å². The first-order valence-electron chi connectivity index (χ1n) is 6.14. The Labute approximate surface area is 120 Å². The molecule has 2 unspecified atom stereocenters. The minimum Gasteiger partial charge on any atom is -0.383 e. The molecule has 112 valence electrons. The van der Waals surface area contributed by atoms with Gasteiger partial charge in [0.05, 0.1) is 19.3 Å². The zero-order valence-corrected chi connectivity index (χ0v) is 12.9. The first kappa shape index (κ1) is 18.2. The molecule has 0 aromatic rings. The maximum Gasteiger partial charge on any atom is 0.246 e. The molecule has 0 saturated carbocycles. The summed E-state index contributed by atoms with van der Waals surface area (Å²) in [5, 5.41) is 2.60. The number of rotatable bonds is 9. The average molecular weight is 292 g/mol. The third-order valence-electron chi connectivity index (χ3n) is 2.62. The van der Waals surface area contributed by atoms with E-state index in [4.69, 9.17) is 9.47 Å². The molecule has 0 bridgehead atoms. The van der Waals surface area contributed by atoms with E-state index >= 15 is 0 Å². The van der Waals surface area contributed by atoms with Crippen molar-refractivity contribution in [1.82, 2.24) is 10.2 Å². The Morgan fingerprint density at radius 3 is 2.37 bits per heavy atom. The van der Waals surface area contributed by atoms with Crippen LogP contribution in [0.5, 0.6) is 0 Å². The van der Waals surface area contributed by atoms with Gasteiger partial charge in [0.2, 0.25) is 11.8 Å². The summed E-state index contributed by atoms with van der Waals surface area (Å²) in [5.41, 5.74) is 0. The quantitative estimate of drug-likeness (QED) is 0.584. The maximum atomic E-state index is 12.4. The second-order valence-electron chi connectivity index (χ2n) is 4.26. The van der Waals surface area contributed by atoms with Gasteiger partial charge in [-0.05, 0) is 6.92 Å². The number of carbonyl (C=O) groups is 2. The Kier molecular flexibility index (Phi) is 9.63.